The Balaban J connectivity index is 1.40. The number of halogens is 2. The van der Waals surface area contributed by atoms with Crippen molar-refractivity contribution < 1.29 is 13.9 Å². The summed E-state index contributed by atoms with van der Waals surface area (Å²) in [5.41, 5.74) is 9.80. The fraction of sp³-hybridized carbons (Fsp3) is 0.458. The second-order valence-corrected chi connectivity index (χ2v) is 9.59. The normalized spacial score (nSPS) is 22.6. The van der Waals surface area contributed by atoms with Gasteiger partial charge < -0.3 is 15.4 Å². The van der Waals surface area contributed by atoms with Gasteiger partial charge in [0.1, 0.15) is 11.6 Å². The molecule has 2 N–H and O–H groups in total. The Labute approximate surface area is 197 Å². The molecule has 0 bridgehead atoms. The standard InChI is InChI=1S/C24H27ClFN5O2/c1-13-9-20(25)14(2)31-23(28-13)19-11-30(12-21(19)29-31)24(32)18-8-3-15(26)10-22(18)33-17-6-4-16(27)5-7-17/h3,8,10,16-17H,4-7,9,11-12,27H2,1-2H3. The number of aromatic nitrogens is 2. The summed E-state index contributed by atoms with van der Waals surface area (Å²) < 4.78 is 21.9. The number of fused-ring (bicyclic) bond motifs is 3. The van der Waals surface area contributed by atoms with Crippen molar-refractivity contribution in [3.05, 3.63) is 45.9 Å². The molecule has 3 aliphatic rings. The highest BCUT2D eigenvalue weighted by molar-refractivity contribution is 6.33. The molecule has 1 aromatic carbocycles. The largest absolute Gasteiger partial charge is 0.489 e. The molecule has 0 radical (unpaired) electrons. The van der Waals surface area contributed by atoms with Crippen molar-refractivity contribution in [1.29, 1.82) is 0 Å². The lowest BCUT2D eigenvalue weighted by molar-refractivity contribution is 0.0737. The zero-order valence-electron chi connectivity index (χ0n) is 18.8. The predicted octanol–water partition coefficient (Wildman–Crippen LogP) is 4.75. The van der Waals surface area contributed by atoms with Crippen LogP contribution in [0, 0.1) is 5.82 Å². The lowest BCUT2D eigenvalue weighted by atomic mass is 9.93. The van der Waals surface area contributed by atoms with Gasteiger partial charge in [-0.1, -0.05) is 11.6 Å². The lowest BCUT2D eigenvalue weighted by Crippen LogP contribution is -2.32. The predicted molar refractivity (Wildman–Crippen MR) is 125 cm³/mol. The Morgan fingerprint density at radius 2 is 1.97 bits per heavy atom. The summed E-state index contributed by atoms with van der Waals surface area (Å²) in [4.78, 5) is 19.9. The van der Waals surface area contributed by atoms with E-state index in [4.69, 9.17) is 32.2 Å². The molecule has 7 nitrogen and oxygen atoms in total. The first-order valence-corrected chi connectivity index (χ1v) is 11.7. The van der Waals surface area contributed by atoms with Crippen molar-refractivity contribution in [1.82, 2.24) is 14.7 Å². The minimum absolute atomic E-state index is 0.0678. The van der Waals surface area contributed by atoms with E-state index in [0.29, 0.717) is 30.1 Å². The molecule has 1 saturated carbocycles. The highest BCUT2D eigenvalue weighted by Crippen LogP contribution is 2.38. The van der Waals surface area contributed by atoms with Gasteiger partial charge in [-0.05, 0) is 51.7 Å². The average Bonchev–Trinajstić information content (AvgIpc) is 3.31. The number of allylic oxidation sites excluding steroid dienone is 2. The number of aliphatic imine (C=N–C) groups is 1. The number of carbonyl (C=O) groups excluding carboxylic acids is 1. The summed E-state index contributed by atoms with van der Waals surface area (Å²) >= 11 is 6.42. The van der Waals surface area contributed by atoms with Gasteiger partial charge in [0.25, 0.3) is 5.91 Å². The summed E-state index contributed by atoms with van der Waals surface area (Å²) in [6, 6.07) is 4.28. The van der Waals surface area contributed by atoms with E-state index >= 15 is 0 Å². The van der Waals surface area contributed by atoms with E-state index in [-0.39, 0.29) is 23.8 Å². The highest BCUT2D eigenvalue weighted by Gasteiger charge is 2.34. The second kappa shape index (κ2) is 8.57. The Morgan fingerprint density at radius 1 is 1.21 bits per heavy atom. The molecule has 0 atom stereocenters. The van der Waals surface area contributed by atoms with Crippen LogP contribution in [0.4, 0.5) is 10.2 Å². The topological polar surface area (TPSA) is 85.7 Å². The number of ether oxygens (including phenoxy) is 1. The maximum Gasteiger partial charge on any atom is 0.258 e. The first kappa shape index (κ1) is 22.1. The van der Waals surface area contributed by atoms with Crippen molar-refractivity contribution >= 4 is 34.7 Å². The molecule has 2 aromatic rings. The third-order valence-electron chi connectivity index (χ3n) is 6.62. The van der Waals surface area contributed by atoms with Crippen LogP contribution in [0.5, 0.6) is 5.75 Å². The van der Waals surface area contributed by atoms with Gasteiger partial charge in [0.05, 0.1) is 36.1 Å². The molecule has 3 heterocycles. The second-order valence-electron chi connectivity index (χ2n) is 9.13. The van der Waals surface area contributed by atoms with Crippen molar-refractivity contribution in [3.63, 3.8) is 0 Å². The van der Waals surface area contributed by atoms with Crippen LogP contribution in [-0.4, -0.2) is 38.4 Å². The van der Waals surface area contributed by atoms with Crippen LogP contribution in [0.2, 0.25) is 0 Å². The summed E-state index contributed by atoms with van der Waals surface area (Å²) in [5, 5.41) is 5.40. The van der Waals surface area contributed by atoms with E-state index in [2.05, 4.69) is 0 Å². The zero-order chi connectivity index (χ0) is 23.3. The average molecular weight is 472 g/mol. The SMILES string of the molecule is CC1=Nc2c3c(nn2C(C)=C(Cl)C1)CN(C(=O)c1ccc(F)cc1OC1CCC(N)CC1)C3. The number of amides is 1. The molecule has 33 heavy (non-hydrogen) atoms. The summed E-state index contributed by atoms with van der Waals surface area (Å²) in [7, 11) is 0. The molecule has 1 aliphatic carbocycles. The van der Waals surface area contributed by atoms with E-state index < -0.39 is 5.82 Å². The number of nitrogens with two attached hydrogens (primary N) is 1. The van der Waals surface area contributed by atoms with Crippen LogP contribution in [0.25, 0.3) is 5.70 Å². The monoisotopic (exact) mass is 471 g/mol. The van der Waals surface area contributed by atoms with Gasteiger partial charge in [-0.3, -0.25) is 4.79 Å². The summed E-state index contributed by atoms with van der Waals surface area (Å²) in [6.45, 7) is 4.58. The van der Waals surface area contributed by atoms with Gasteiger partial charge in [-0.15, -0.1) is 0 Å². The molecule has 2 aliphatic heterocycles. The molecule has 0 unspecified atom stereocenters. The summed E-state index contributed by atoms with van der Waals surface area (Å²) in [5.74, 6) is 0.362. The van der Waals surface area contributed by atoms with Gasteiger partial charge in [0.15, 0.2) is 5.82 Å². The van der Waals surface area contributed by atoms with E-state index in [1.807, 2.05) is 13.8 Å². The van der Waals surface area contributed by atoms with Crippen molar-refractivity contribution in [2.24, 2.45) is 10.7 Å². The number of carbonyl (C=O) groups is 1. The zero-order valence-corrected chi connectivity index (χ0v) is 19.5. The minimum atomic E-state index is -0.431. The minimum Gasteiger partial charge on any atom is -0.489 e. The Bertz CT molecular complexity index is 1180. The summed E-state index contributed by atoms with van der Waals surface area (Å²) in [6.07, 6.45) is 3.83. The molecule has 0 saturated heterocycles. The third-order valence-corrected chi connectivity index (χ3v) is 7.03. The molecular weight excluding hydrogens is 445 g/mol. The highest BCUT2D eigenvalue weighted by atomic mass is 35.5. The molecule has 1 amide bonds. The quantitative estimate of drug-likeness (QED) is 0.699. The smallest absolute Gasteiger partial charge is 0.258 e. The van der Waals surface area contributed by atoms with E-state index in [1.165, 1.54) is 18.2 Å². The van der Waals surface area contributed by atoms with Crippen LogP contribution < -0.4 is 10.5 Å². The van der Waals surface area contributed by atoms with Gasteiger partial charge in [0, 0.05) is 34.8 Å². The Morgan fingerprint density at radius 3 is 2.73 bits per heavy atom. The number of rotatable bonds is 3. The van der Waals surface area contributed by atoms with Crippen molar-refractivity contribution in [3.8, 4) is 5.75 Å². The first-order valence-electron chi connectivity index (χ1n) is 11.3. The van der Waals surface area contributed by atoms with Gasteiger partial charge in [-0.2, -0.15) is 5.10 Å². The molecule has 9 heteroatoms. The van der Waals surface area contributed by atoms with Crippen LogP contribution in [-0.2, 0) is 13.1 Å². The van der Waals surface area contributed by atoms with Crippen molar-refractivity contribution in [2.45, 2.75) is 71.2 Å². The van der Waals surface area contributed by atoms with Gasteiger partial charge in [0.2, 0.25) is 0 Å². The van der Waals surface area contributed by atoms with Crippen LogP contribution >= 0.6 is 11.6 Å². The lowest BCUT2D eigenvalue weighted by Gasteiger charge is -2.28. The Hall–Kier alpha value is -2.71. The van der Waals surface area contributed by atoms with Crippen molar-refractivity contribution in [2.75, 3.05) is 0 Å². The molecule has 1 fully saturated rings. The number of nitrogens with zero attached hydrogens (tertiary/aromatic N) is 4. The number of hydrogen-bond acceptors (Lipinski definition) is 5. The fourth-order valence-corrected chi connectivity index (χ4v) is 4.98. The van der Waals surface area contributed by atoms with Crippen LogP contribution in [0.15, 0.2) is 28.2 Å². The first-order chi connectivity index (χ1) is 15.8. The third kappa shape index (κ3) is 4.17. The molecular formula is C24H27ClFN5O2. The Kier molecular flexibility index (Phi) is 5.74. The van der Waals surface area contributed by atoms with Gasteiger partial charge in [-0.25, -0.2) is 14.1 Å². The number of benzene rings is 1. The maximum atomic E-state index is 14.0. The van der Waals surface area contributed by atoms with Crippen LogP contribution in [0.1, 0.15) is 67.6 Å². The fourth-order valence-electron chi connectivity index (χ4n) is 4.71. The molecule has 5 rings (SSSR count). The van der Waals surface area contributed by atoms with E-state index in [9.17, 15) is 9.18 Å². The van der Waals surface area contributed by atoms with Gasteiger partial charge >= 0.3 is 0 Å². The van der Waals surface area contributed by atoms with Crippen LogP contribution in [0.3, 0.4) is 0 Å². The molecule has 174 valence electrons. The maximum absolute atomic E-state index is 14.0. The molecule has 0 spiro atoms. The number of hydrogen-bond donors (Lipinski definition) is 1. The van der Waals surface area contributed by atoms with E-state index in [0.717, 1.165) is 54.2 Å². The molecule has 1 aromatic heterocycles. The van der Waals surface area contributed by atoms with E-state index in [1.54, 1.807) is 9.58 Å².